The molecule has 136 valence electrons. The first-order valence-corrected chi connectivity index (χ1v) is 8.84. The van der Waals surface area contributed by atoms with E-state index in [-0.39, 0.29) is 17.6 Å². The summed E-state index contributed by atoms with van der Waals surface area (Å²) >= 11 is 0. The van der Waals surface area contributed by atoms with Crippen molar-refractivity contribution in [1.82, 2.24) is 10.2 Å². The SMILES string of the molecule is C[C@H](NC(=O)c1cccc([N+](=O)[O-])c1)[C@H]1CCN(Cc2ccccc2)C1. The van der Waals surface area contributed by atoms with Gasteiger partial charge in [-0.2, -0.15) is 0 Å². The molecule has 1 heterocycles. The molecule has 2 atom stereocenters. The third kappa shape index (κ3) is 4.46. The second-order valence-electron chi connectivity index (χ2n) is 6.84. The van der Waals surface area contributed by atoms with Crippen LogP contribution in [0.25, 0.3) is 0 Å². The molecule has 3 rings (SSSR count). The van der Waals surface area contributed by atoms with Crippen molar-refractivity contribution in [2.75, 3.05) is 13.1 Å². The first-order valence-electron chi connectivity index (χ1n) is 8.84. The highest BCUT2D eigenvalue weighted by atomic mass is 16.6. The van der Waals surface area contributed by atoms with E-state index in [2.05, 4.69) is 22.3 Å². The zero-order valence-corrected chi connectivity index (χ0v) is 14.8. The molecular weight excluding hydrogens is 330 g/mol. The fraction of sp³-hybridized carbons (Fsp3) is 0.350. The van der Waals surface area contributed by atoms with Gasteiger partial charge in [-0.05, 0) is 37.4 Å². The summed E-state index contributed by atoms with van der Waals surface area (Å²) in [5, 5.41) is 13.9. The number of carbonyl (C=O) groups is 1. The highest BCUT2D eigenvalue weighted by Crippen LogP contribution is 2.22. The van der Waals surface area contributed by atoms with Gasteiger partial charge < -0.3 is 5.32 Å². The monoisotopic (exact) mass is 353 g/mol. The van der Waals surface area contributed by atoms with Crippen LogP contribution in [-0.4, -0.2) is 34.9 Å². The highest BCUT2D eigenvalue weighted by molar-refractivity contribution is 5.95. The van der Waals surface area contributed by atoms with Crippen molar-refractivity contribution in [2.45, 2.75) is 25.9 Å². The molecule has 2 aromatic carbocycles. The number of benzene rings is 2. The van der Waals surface area contributed by atoms with Gasteiger partial charge in [0, 0.05) is 36.8 Å². The van der Waals surface area contributed by atoms with E-state index in [0.717, 1.165) is 26.1 Å². The van der Waals surface area contributed by atoms with Gasteiger partial charge in [0.05, 0.1) is 4.92 Å². The molecule has 0 radical (unpaired) electrons. The molecule has 1 saturated heterocycles. The van der Waals surface area contributed by atoms with Crippen LogP contribution in [0.4, 0.5) is 5.69 Å². The van der Waals surface area contributed by atoms with Crippen LogP contribution < -0.4 is 5.32 Å². The summed E-state index contributed by atoms with van der Waals surface area (Å²) in [6, 6.07) is 16.2. The fourth-order valence-corrected chi connectivity index (χ4v) is 3.42. The Labute approximate surface area is 153 Å². The second-order valence-corrected chi connectivity index (χ2v) is 6.84. The van der Waals surface area contributed by atoms with E-state index >= 15 is 0 Å². The maximum absolute atomic E-state index is 12.4. The van der Waals surface area contributed by atoms with Gasteiger partial charge in [-0.15, -0.1) is 0 Å². The lowest BCUT2D eigenvalue weighted by atomic mass is 10.00. The average molecular weight is 353 g/mol. The average Bonchev–Trinajstić information content (AvgIpc) is 3.11. The van der Waals surface area contributed by atoms with Gasteiger partial charge in [-0.1, -0.05) is 36.4 Å². The summed E-state index contributed by atoms with van der Waals surface area (Å²) in [4.78, 5) is 25.2. The normalized spacial score (nSPS) is 18.4. The van der Waals surface area contributed by atoms with E-state index in [1.165, 1.54) is 23.8 Å². The highest BCUT2D eigenvalue weighted by Gasteiger charge is 2.28. The molecule has 1 fully saturated rings. The van der Waals surface area contributed by atoms with Crippen molar-refractivity contribution in [3.8, 4) is 0 Å². The van der Waals surface area contributed by atoms with Crippen molar-refractivity contribution in [1.29, 1.82) is 0 Å². The number of nitro groups is 1. The molecule has 6 nitrogen and oxygen atoms in total. The zero-order valence-electron chi connectivity index (χ0n) is 14.8. The van der Waals surface area contributed by atoms with E-state index in [4.69, 9.17) is 0 Å². The number of non-ortho nitro benzene ring substituents is 1. The molecule has 0 unspecified atom stereocenters. The van der Waals surface area contributed by atoms with Gasteiger partial charge >= 0.3 is 0 Å². The molecule has 2 aromatic rings. The fourth-order valence-electron chi connectivity index (χ4n) is 3.42. The minimum Gasteiger partial charge on any atom is -0.349 e. The molecule has 0 spiro atoms. The quantitative estimate of drug-likeness (QED) is 0.639. The number of nitro benzene ring substituents is 1. The van der Waals surface area contributed by atoms with Crippen molar-refractivity contribution in [2.24, 2.45) is 5.92 Å². The topological polar surface area (TPSA) is 75.5 Å². The number of likely N-dealkylation sites (tertiary alicyclic amines) is 1. The summed E-state index contributed by atoms with van der Waals surface area (Å²) in [6.07, 6.45) is 1.03. The summed E-state index contributed by atoms with van der Waals surface area (Å²) < 4.78 is 0. The van der Waals surface area contributed by atoms with Crippen LogP contribution >= 0.6 is 0 Å². The molecular formula is C20H23N3O3. The standard InChI is InChI=1S/C20H23N3O3/c1-15(21-20(24)17-8-5-9-19(12-17)23(25)26)18-10-11-22(14-18)13-16-6-3-2-4-7-16/h2-9,12,15,18H,10-11,13-14H2,1H3,(H,21,24)/t15-,18-/m0/s1. The maximum atomic E-state index is 12.4. The van der Waals surface area contributed by atoms with E-state index in [1.54, 1.807) is 6.07 Å². The van der Waals surface area contributed by atoms with Gasteiger partial charge in [0.2, 0.25) is 0 Å². The smallest absolute Gasteiger partial charge is 0.270 e. The van der Waals surface area contributed by atoms with Gasteiger partial charge in [-0.3, -0.25) is 19.8 Å². The number of carbonyl (C=O) groups excluding carboxylic acids is 1. The third-order valence-corrected chi connectivity index (χ3v) is 4.94. The predicted octanol–water partition coefficient (Wildman–Crippen LogP) is 3.24. The molecule has 26 heavy (non-hydrogen) atoms. The Morgan fingerprint density at radius 1 is 1.27 bits per heavy atom. The number of amides is 1. The van der Waals surface area contributed by atoms with Crippen LogP contribution in [0.1, 0.15) is 29.3 Å². The van der Waals surface area contributed by atoms with Gasteiger partial charge in [0.1, 0.15) is 0 Å². The number of hydrogen-bond donors (Lipinski definition) is 1. The molecule has 0 bridgehead atoms. The Morgan fingerprint density at radius 2 is 2.04 bits per heavy atom. The summed E-state index contributed by atoms with van der Waals surface area (Å²) in [6.45, 7) is 4.87. The van der Waals surface area contributed by atoms with Crippen LogP contribution in [0.5, 0.6) is 0 Å². The van der Waals surface area contributed by atoms with Gasteiger partial charge in [-0.25, -0.2) is 0 Å². The summed E-state index contributed by atoms with van der Waals surface area (Å²) in [5.74, 6) is 0.115. The van der Waals surface area contributed by atoms with Crippen LogP contribution in [0, 0.1) is 16.0 Å². The van der Waals surface area contributed by atoms with E-state index in [9.17, 15) is 14.9 Å². The van der Waals surface area contributed by atoms with Crippen LogP contribution in [0.3, 0.4) is 0 Å². The first kappa shape index (κ1) is 18.1. The van der Waals surface area contributed by atoms with E-state index in [0.29, 0.717) is 11.5 Å². The van der Waals surface area contributed by atoms with E-state index < -0.39 is 4.92 Å². The Kier molecular flexibility index (Phi) is 5.63. The second kappa shape index (κ2) is 8.10. The lowest BCUT2D eigenvalue weighted by molar-refractivity contribution is -0.384. The number of hydrogen-bond acceptors (Lipinski definition) is 4. The first-order chi connectivity index (χ1) is 12.5. The Hall–Kier alpha value is -2.73. The molecule has 6 heteroatoms. The van der Waals surface area contributed by atoms with Gasteiger partial charge in [0.25, 0.3) is 11.6 Å². The lowest BCUT2D eigenvalue weighted by Gasteiger charge is -2.22. The Balaban J connectivity index is 1.55. The van der Waals surface area contributed by atoms with Crippen molar-refractivity contribution >= 4 is 11.6 Å². The lowest BCUT2D eigenvalue weighted by Crippen LogP contribution is -2.39. The van der Waals surface area contributed by atoms with Gasteiger partial charge in [0.15, 0.2) is 0 Å². The minimum atomic E-state index is -0.487. The maximum Gasteiger partial charge on any atom is 0.270 e. The molecule has 1 N–H and O–H groups in total. The van der Waals surface area contributed by atoms with Crippen LogP contribution in [-0.2, 0) is 6.54 Å². The van der Waals surface area contributed by atoms with Crippen molar-refractivity contribution < 1.29 is 9.72 Å². The summed E-state index contributed by atoms with van der Waals surface area (Å²) in [7, 11) is 0. The predicted molar refractivity (Wildman–Crippen MR) is 99.9 cm³/mol. The molecule has 1 aliphatic heterocycles. The van der Waals surface area contributed by atoms with Crippen molar-refractivity contribution in [3.63, 3.8) is 0 Å². The zero-order chi connectivity index (χ0) is 18.5. The molecule has 0 saturated carbocycles. The minimum absolute atomic E-state index is 0.0162. The molecule has 0 aliphatic carbocycles. The number of nitrogens with zero attached hydrogens (tertiary/aromatic N) is 2. The number of rotatable bonds is 6. The van der Waals surface area contributed by atoms with Crippen LogP contribution in [0.2, 0.25) is 0 Å². The van der Waals surface area contributed by atoms with Crippen LogP contribution in [0.15, 0.2) is 54.6 Å². The number of nitrogens with one attached hydrogen (secondary N) is 1. The van der Waals surface area contributed by atoms with E-state index in [1.807, 2.05) is 25.1 Å². The molecule has 1 aliphatic rings. The Morgan fingerprint density at radius 3 is 2.77 bits per heavy atom. The third-order valence-electron chi connectivity index (χ3n) is 4.94. The summed E-state index contributed by atoms with van der Waals surface area (Å²) in [5.41, 5.74) is 1.55. The largest absolute Gasteiger partial charge is 0.349 e. The Bertz CT molecular complexity index is 779. The van der Waals surface area contributed by atoms with Crippen molar-refractivity contribution in [3.05, 3.63) is 75.8 Å². The molecule has 0 aromatic heterocycles. The molecule has 1 amide bonds.